The molecule has 0 aromatic heterocycles. The van der Waals surface area contributed by atoms with Crippen LogP contribution >= 0.6 is 0 Å². The van der Waals surface area contributed by atoms with Crippen molar-refractivity contribution in [2.75, 3.05) is 19.7 Å². The van der Waals surface area contributed by atoms with Crippen molar-refractivity contribution in [2.45, 2.75) is 6.92 Å². The Morgan fingerprint density at radius 3 is 3.00 bits per heavy atom. The summed E-state index contributed by atoms with van der Waals surface area (Å²) in [7, 11) is 0. The van der Waals surface area contributed by atoms with E-state index in [1.54, 1.807) is 6.92 Å². The molecule has 0 radical (unpaired) electrons. The molecule has 0 saturated carbocycles. The normalized spacial score (nSPS) is 23.7. The van der Waals surface area contributed by atoms with Crippen LogP contribution in [0.1, 0.15) is 6.92 Å². The number of carbonyl (C=O) groups is 2. The van der Waals surface area contributed by atoms with Crippen molar-refractivity contribution in [3.05, 3.63) is 0 Å². The third kappa shape index (κ3) is 1.77. The first kappa shape index (κ1) is 8.20. The van der Waals surface area contributed by atoms with Gasteiger partial charge in [-0.25, -0.2) is 0 Å². The van der Waals surface area contributed by atoms with Gasteiger partial charge in [0.15, 0.2) is 5.92 Å². The first-order chi connectivity index (χ1) is 5.25. The Labute approximate surface area is 64.9 Å². The van der Waals surface area contributed by atoms with Crippen molar-refractivity contribution in [1.82, 2.24) is 0 Å². The van der Waals surface area contributed by atoms with E-state index in [0.29, 0.717) is 19.7 Å². The monoisotopic (exact) mass is 158 g/mol. The summed E-state index contributed by atoms with van der Waals surface area (Å²) in [4.78, 5) is 22.0. The number of esters is 1. The van der Waals surface area contributed by atoms with Crippen molar-refractivity contribution in [3.8, 4) is 0 Å². The van der Waals surface area contributed by atoms with Crippen LogP contribution in [0.15, 0.2) is 0 Å². The maximum atomic E-state index is 11.0. The zero-order valence-corrected chi connectivity index (χ0v) is 6.50. The molecule has 1 heterocycles. The van der Waals surface area contributed by atoms with Gasteiger partial charge < -0.3 is 10.1 Å². The number of ketones is 1. The molecule has 1 aliphatic rings. The molecule has 2 N–H and O–H groups in total. The number of nitrogens with two attached hydrogens (primary N) is 1. The van der Waals surface area contributed by atoms with Gasteiger partial charge in [0.05, 0.1) is 13.2 Å². The van der Waals surface area contributed by atoms with Crippen LogP contribution in [0.3, 0.4) is 0 Å². The molecular formula is C7H12NO3+. The Balaban J connectivity index is 2.46. The van der Waals surface area contributed by atoms with Crippen LogP contribution in [-0.4, -0.2) is 31.4 Å². The standard InChI is InChI=1S/C7H11NO3/c1-2-11-7(10)5-3-8-4-6(5)9/h5,8H,2-4H2,1H3/p+1. The van der Waals surface area contributed by atoms with E-state index in [0.717, 1.165) is 0 Å². The van der Waals surface area contributed by atoms with Crippen molar-refractivity contribution >= 4 is 11.8 Å². The summed E-state index contributed by atoms with van der Waals surface area (Å²) in [6.45, 7) is 3.06. The number of hydrogen-bond acceptors (Lipinski definition) is 3. The molecule has 0 aromatic rings. The van der Waals surface area contributed by atoms with E-state index in [-0.39, 0.29) is 11.8 Å². The largest absolute Gasteiger partial charge is 0.465 e. The summed E-state index contributed by atoms with van der Waals surface area (Å²) in [5.74, 6) is -0.885. The Hall–Kier alpha value is -0.900. The Bertz CT molecular complexity index is 179. The molecular weight excluding hydrogens is 146 g/mol. The number of rotatable bonds is 2. The summed E-state index contributed by atoms with van der Waals surface area (Å²) < 4.78 is 4.72. The molecule has 1 fully saturated rings. The number of carbonyl (C=O) groups excluding carboxylic acids is 2. The zero-order valence-electron chi connectivity index (χ0n) is 6.50. The zero-order chi connectivity index (χ0) is 8.27. The van der Waals surface area contributed by atoms with Gasteiger partial charge in [0, 0.05) is 0 Å². The van der Waals surface area contributed by atoms with E-state index in [9.17, 15) is 9.59 Å². The lowest BCUT2D eigenvalue weighted by Crippen LogP contribution is -2.82. The second-order valence-electron chi connectivity index (χ2n) is 2.50. The number of Topliss-reactive ketones (excluding diaryl/α,β-unsaturated/α-hetero) is 1. The predicted octanol–water partition coefficient (Wildman–Crippen LogP) is -1.69. The second kappa shape index (κ2) is 3.48. The van der Waals surface area contributed by atoms with Crippen molar-refractivity contribution < 1.29 is 19.6 Å². The minimum Gasteiger partial charge on any atom is -0.465 e. The molecule has 1 unspecified atom stereocenters. The Morgan fingerprint density at radius 2 is 2.55 bits per heavy atom. The maximum absolute atomic E-state index is 11.0. The van der Waals surface area contributed by atoms with Gasteiger partial charge in [-0.2, -0.15) is 0 Å². The van der Waals surface area contributed by atoms with E-state index < -0.39 is 5.92 Å². The summed E-state index contributed by atoms with van der Waals surface area (Å²) in [5, 5.41) is 1.82. The van der Waals surface area contributed by atoms with Gasteiger partial charge in [-0.1, -0.05) is 0 Å². The SMILES string of the molecule is CCOC(=O)C1C[NH2+]CC1=O. The van der Waals surface area contributed by atoms with Gasteiger partial charge in [0.2, 0.25) is 5.78 Å². The smallest absolute Gasteiger partial charge is 0.322 e. The molecule has 0 amide bonds. The van der Waals surface area contributed by atoms with Gasteiger partial charge in [0.1, 0.15) is 6.54 Å². The Morgan fingerprint density at radius 1 is 1.82 bits per heavy atom. The van der Waals surface area contributed by atoms with E-state index in [1.807, 2.05) is 5.32 Å². The molecule has 0 bridgehead atoms. The highest BCUT2D eigenvalue weighted by Gasteiger charge is 2.35. The first-order valence-corrected chi connectivity index (χ1v) is 3.76. The summed E-state index contributed by atoms with van der Waals surface area (Å²) in [6, 6.07) is 0. The van der Waals surface area contributed by atoms with Crippen molar-refractivity contribution in [1.29, 1.82) is 0 Å². The maximum Gasteiger partial charge on any atom is 0.322 e. The quantitative estimate of drug-likeness (QED) is 0.385. The fourth-order valence-corrected chi connectivity index (χ4v) is 1.14. The minimum absolute atomic E-state index is 0.0107. The van der Waals surface area contributed by atoms with Gasteiger partial charge >= 0.3 is 5.97 Å². The summed E-state index contributed by atoms with van der Waals surface area (Å²) in [6.07, 6.45) is 0. The van der Waals surface area contributed by atoms with E-state index in [4.69, 9.17) is 4.74 Å². The van der Waals surface area contributed by atoms with Gasteiger partial charge in [0.25, 0.3) is 0 Å². The van der Waals surface area contributed by atoms with Crippen LogP contribution in [-0.2, 0) is 14.3 Å². The average molecular weight is 158 g/mol. The lowest BCUT2D eigenvalue weighted by molar-refractivity contribution is -0.633. The fourth-order valence-electron chi connectivity index (χ4n) is 1.14. The lowest BCUT2D eigenvalue weighted by atomic mass is 10.1. The van der Waals surface area contributed by atoms with Crippen LogP contribution in [0.5, 0.6) is 0 Å². The minimum atomic E-state index is -0.505. The first-order valence-electron chi connectivity index (χ1n) is 3.76. The highest BCUT2D eigenvalue weighted by atomic mass is 16.5. The predicted molar refractivity (Wildman–Crippen MR) is 36.8 cm³/mol. The van der Waals surface area contributed by atoms with Gasteiger partial charge in [-0.15, -0.1) is 0 Å². The summed E-state index contributed by atoms with van der Waals surface area (Å²) in [5.41, 5.74) is 0. The van der Waals surface area contributed by atoms with Crippen molar-refractivity contribution in [3.63, 3.8) is 0 Å². The topological polar surface area (TPSA) is 60.0 Å². The van der Waals surface area contributed by atoms with Crippen LogP contribution < -0.4 is 5.32 Å². The molecule has 4 nitrogen and oxygen atoms in total. The molecule has 0 aliphatic carbocycles. The highest BCUT2D eigenvalue weighted by Crippen LogP contribution is 2.01. The molecule has 0 spiro atoms. The van der Waals surface area contributed by atoms with Gasteiger partial charge in [-0.3, -0.25) is 9.59 Å². The van der Waals surface area contributed by atoms with Crippen LogP contribution in [0, 0.1) is 5.92 Å². The van der Waals surface area contributed by atoms with Gasteiger partial charge in [-0.05, 0) is 6.92 Å². The van der Waals surface area contributed by atoms with E-state index in [2.05, 4.69) is 0 Å². The lowest BCUT2D eigenvalue weighted by Gasteiger charge is -2.02. The third-order valence-corrected chi connectivity index (χ3v) is 1.71. The Kier molecular flexibility index (Phi) is 2.59. The number of hydrogen-bond donors (Lipinski definition) is 1. The second-order valence-corrected chi connectivity index (χ2v) is 2.50. The van der Waals surface area contributed by atoms with Crippen LogP contribution in [0.25, 0.3) is 0 Å². The molecule has 1 saturated heterocycles. The van der Waals surface area contributed by atoms with Crippen LogP contribution in [0.4, 0.5) is 0 Å². The third-order valence-electron chi connectivity index (χ3n) is 1.71. The number of quaternary nitrogens is 1. The highest BCUT2D eigenvalue weighted by molar-refractivity contribution is 6.00. The number of ether oxygens (including phenoxy) is 1. The average Bonchev–Trinajstić information content (AvgIpc) is 2.36. The fraction of sp³-hybridized carbons (Fsp3) is 0.714. The molecule has 62 valence electrons. The summed E-state index contributed by atoms with van der Waals surface area (Å²) >= 11 is 0. The molecule has 0 aromatic carbocycles. The van der Waals surface area contributed by atoms with E-state index >= 15 is 0 Å². The molecule has 1 atom stereocenters. The molecule has 1 aliphatic heterocycles. The van der Waals surface area contributed by atoms with E-state index in [1.165, 1.54) is 0 Å². The van der Waals surface area contributed by atoms with Crippen LogP contribution in [0.2, 0.25) is 0 Å². The van der Waals surface area contributed by atoms with Crippen molar-refractivity contribution in [2.24, 2.45) is 5.92 Å². The molecule has 4 heteroatoms. The molecule has 1 rings (SSSR count). The molecule has 11 heavy (non-hydrogen) atoms.